The van der Waals surface area contributed by atoms with E-state index in [2.05, 4.69) is 23.8 Å². The van der Waals surface area contributed by atoms with Crippen LogP contribution in [-0.4, -0.2) is 50.4 Å². The molecule has 1 aliphatic rings. The Bertz CT molecular complexity index is 1050. The molecule has 38 heavy (non-hydrogen) atoms. The average Bonchev–Trinajstić information content (AvgIpc) is 2.95. The van der Waals surface area contributed by atoms with E-state index in [0.717, 1.165) is 49.9 Å². The van der Waals surface area contributed by atoms with Gasteiger partial charge in [-0.25, -0.2) is 4.39 Å². The maximum absolute atomic E-state index is 14.8. The molecule has 0 aromatic heterocycles. The summed E-state index contributed by atoms with van der Waals surface area (Å²) in [6.45, 7) is 17.8. The summed E-state index contributed by atoms with van der Waals surface area (Å²) in [5.74, 6) is -0.651. The largest absolute Gasteiger partial charge is 0.481 e. The lowest BCUT2D eigenvalue weighted by molar-refractivity contribution is -0.134. The van der Waals surface area contributed by atoms with E-state index >= 15 is 0 Å². The van der Waals surface area contributed by atoms with Crippen molar-refractivity contribution in [1.82, 2.24) is 15.5 Å². The highest BCUT2D eigenvalue weighted by atomic mass is 19.1. The van der Waals surface area contributed by atoms with Gasteiger partial charge in [-0.2, -0.15) is 0 Å². The Hall–Kier alpha value is -3.45. The molecule has 1 aromatic rings. The fourth-order valence-corrected chi connectivity index (χ4v) is 3.81. The number of ether oxygens (including phenoxy) is 1. The van der Waals surface area contributed by atoms with Gasteiger partial charge in [-0.15, -0.1) is 0 Å². The molecule has 1 aliphatic heterocycles. The van der Waals surface area contributed by atoms with Crippen LogP contribution in [0.25, 0.3) is 5.57 Å². The Morgan fingerprint density at radius 2 is 1.87 bits per heavy atom. The van der Waals surface area contributed by atoms with Gasteiger partial charge in [0.2, 0.25) is 0 Å². The minimum Gasteiger partial charge on any atom is -0.481 e. The van der Waals surface area contributed by atoms with Crippen molar-refractivity contribution in [3.05, 3.63) is 83.5 Å². The van der Waals surface area contributed by atoms with E-state index in [1.54, 1.807) is 24.0 Å². The van der Waals surface area contributed by atoms with Crippen LogP contribution >= 0.6 is 0 Å². The summed E-state index contributed by atoms with van der Waals surface area (Å²) in [6.07, 6.45) is 10.1. The van der Waals surface area contributed by atoms with E-state index in [-0.39, 0.29) is 18.3 Å². The summed E-state index contributed by atoms with van der Waals surface area (Å²) in [5.41, 5.74) is 3.87. The van der Waals surface area contributed by atoms with Crippen molar-refractivity contribution in [1.29, 1.82) is 0 Å². The average molecular weight is 526 g/mol. The normalized spacial score (nSPS) is 14.3. The minimum atomic E-state index is -0.558. The predicted octanol–water partition coefficient (Wildman–Crippen LogP) is 5.94. The minimum absolute atomic E-state index is 0.0318. The predicted molar refractivity (Wildman–Crippen MR) is 155 cm³/mol. The van der Waals surface area contributed by atoms with Crippen molar-refractivity contribution in [3.63, 3.8) is 0 Å². The van der Waals surface area contributed by atoms with E-state index < -0.39 is 5.82 Å². The molecular formula is C31H44FN3O3. The van der Waals surface area contributed by atoms with E-state index in [0.29, 0.717) is 35.4 Å². The third-order valence-electron chi connectivity index (χ3n) is 5.97. The Kier molecular flexibility index (Phi) is 15.4. The van der Waals surface area contributed by atoms with Gasteiger partial charge in [0.05, 0.1) is 0 Å². The Morgan fingerprint density at radius 1 is 1.18 bits per heavy atom. The van der Waals surface area contributed by atoms with Gasteiger partial charge in [-0.3, -0.25) is 9.59 Å². The number of nitrogens with one attached hydrogen (secondary N) is 2. The monoisotopic (exact) mass is 525 g/mol. The molecule has 208 valence electrons. The van der Waals surface area contributed by atoms with E-state index in [1.165, 1.54) is 12.1 Å². The fourth-order valence-electron chi connectivity index (χ4n) is 3.81. The highest BCUT2D eigenvalue weighted by molar-refractivity contribution is 5.78. The summed E-state index contributed by atoms with van der Waals surface area (Å²) in [5, 5.41) is 6.31. The number of likely N-dealkylation sites (tertiary alicyclic amines) is 1. The first-order chi connectivity index (χ1) is 18.3. The van der Waals surface area contributed by atoms with Gasteiger partial charge in [-0.05, 0) is 75.1 Å². The van der Waals surface area contributed by atoms with Gasteiger partial charge >= 0.3 is 0 Å². The van der Waals surface area contributed by atoms with Crippen LogP contribution in [0.3, 0.4) is 0 Å². The standard InChI is InChI=1S/C29H38FN3O3.C2H6/c1-6-10-25(23(4)32-27(13-14-31-5)22(3)19-34)17-21(2)24-11-12-28(26(30)18-24)36-20-29(35)33-15-8-7-9-16-33;1-2/h6,10-12,17-19,31-32H,2,4,7-9,13-16,20H2,1,3,5H3;1-2H3/b10-6-,25-17+,27-22+;. The first kappa shape index (κ1) is 32.6. The number of amides is 1. The second kappa shape index (κ2) is 17.9. The van der Waals surface area contributed by atoms with Crippen molar-refractivity contribution < 1.29 is 18.7 Å². The van der Waals surface area contributed by atoms with Crippen molar-refractivity contribution in [2.75, 3.05) is 33.3 Å². The van der Waals surface area contributed by atoms with Gasteiger partial charge in [0.25, 0.3) is 5.91 Å². The molecule has 0 atom stereocenters. The fraction of sp³-hybridized carbons (Fsp3) is 0.419. The lowest BCUT2D eigenvalue weighted by Crippen LogP contribution is -2.38. The van der Waals surface area contributed by atoms with Crippen molar-refractivity contribution in [2.24, 2.45) is 0 Å². The summed E-state index contributed by atoms with van der Waals surface area (Å²) in [7, 11) is 1.85. The SMILES string of the molecule is C=C(N/C(CCNC)=C(\C)C=O)C(/C=C\C)=C/C(=C)c1ccc(OCC(=O)N2CCCCC2)c(F)c1.CC. The van der Waals surface area contributed by atoms with Crippen LogP contribution in [-0.2, 0) is 9.59 Å². The summed E-state index contributed by atoms with van der Waals surface area (Å²) in [6, 6.07) is 4.57. The van der Waals surface area contributed by atoms with Crippen LogP contribution in [0, 0.1) is 5.82 Å². The van der Waals surface area contributed by atoms with Crippen LogP contribution in [0.1, 0.15) is 58.9 Å². The van der Waals surface area contributed by atoms with E-state index in [1.807, 2.05) is 40.0 Å². The second-order valence-electron chi connectivity index (χ2n) is 8.74. The molecule has 1 heterocycles. The topological polar surface area (TPSA) is 70.7 Å². The molecule has 1 saturated heterocycles. The zero-order valence-electron chi connectivity index (χ0n) is 23.7. The smallest absolute Gasteiger partial charge is 0.260 e. The molecule has 0 spiro atoms. The molecular weight excluding hydrogens is 481 g/mol. The number of allylic oxidation sites excluding steroid dienone is 5. The van der Waals surface area contributed by atoms with Crippen molar-refractivity contribution in [3.8, 4) is 5.75 Å². The first-order valence-electron chi connectivity index (χ1n) is 13.3. The molecule has 6 nitrogen and oxygen atoms in total. The molecule has 0 bridgehead atoms. The number of carbonyl (C=O) groups excluding carboxylic acids is 2. The number of hydrogen-bond acceptors (Lipinski definition) is 5. The summed E-state index contributed by atoms with van der Waals surface area (Å²) >= 11 is 0. The molecule has 7 heteroatoms. The number of rotatable bonds is 13. The zero-order chi connectivity index (χ0) is 28.5. The van der Waals surface area contributed by atoms with Crippen LogP contribution in [0.4, 0.5) is 4.39 Å². The molecule has 0 radical (unpaired) electrons. The lowest BCUT2D eigenvalue weighted by atomic mass is 10.0. The summed E-state index contributed by atoms with van der Waals surface area (Å²) in [4.78, 5) is 25.4. The molecule has 0 aliphatic carbocycles. The van der Waals surface area contributed by atoms with Gasteiger partial charge in [0.1, 0.15) is 6.29 Å². The van der Waals surface area contributed by atoms with Gasteiger partial charge < -0.3 is 20.3 Å². The molecule has 1 fully saturated rings. The Labute approximate surface area is 228 Å². The van der Waals surface area contributed by atoms with Gasteiger partial charge in [0, 0.05) is 43.0 Å². The van der Waals surface area contributed by atoms with Crippen LogP contribution in [0.5, 0.6) is 5.75 Å². The summed E-state index contributed by atoms with van der Waals surface area (Å²) < 4.78 is 20.2. The molecule has 2 N–H and O–H groups in total. The zero-order valence-corrected chi connectivity index (χ0v) is 23.7. The highest BCUT2D eigenvalue weighted by Crippen LogP contribution is 2.25. The number of carbonyl (C=O) groups is 2. The van der Waals surface area contributed by atoms with Crippen LogP contribution < -0.4 is 15.4 Å². The number of hydrogen-bond donors (Lipinski definition) is 2. The molecule has 0 saturated carbocycles. The molecule has 1 aromatic carbocycles. The Morgan fingerprint density at radius 3 is 2.45 bits per heavy atom. The third kappa shape index (κ3) is 10.5. The van der Waals surface area contributed by atoms with Gasteiger partial charge in [0.15, 0.2) is 18.2 Å². The van der Waals surface area contributed by atoms with E-state index in [4.69, 9.17) is 4.74 Å². The number of halogens is 1. The van der Waals surface area contributed by atoms with Crippen molar-refractivity contribution >= 4 is 17.8 Å². The maximum atomic E-state index is 14.8. The number of benzene rings is 1. The van der Waals surface area contributed by atoms with Crippen LogP contribution in [0.15, 0.2) is 72.1 Å². The number of nitrogens with zero attached hydrogens (tertiary/aromatic N) is 1. The number of aldehydes is 1. The molecule has 1 amide bonds. The third-order valence-corrected chi connectivity index (χ3v) is 5.97. The molecule has 2 rings (SSSR count). The maximum Gasteiger partial charge on any atom is 0.260 e. The van der Waals surface area contributed by atoms with Crippen LogP contribution in [0.2, 0.25) is 0 Å². The lowest BCUT2D eigenvalue weighted by Gasteiger charge is -2.26. The quantitative estimate of drug-likeness (QED) is 0.189. The number of piperidine rings is 1. The van der Waals surface area contributed by atoms with Gasteiger partial charge in [-0.1, -0.05) is 45.2 Å². The Balaban J connectivity index is 0.00000352. The second-order valence-corrected chi connectivity index (χ2v) is 8.74. The highest BCUT2D eigenvalue weighted by Gasteiger charge is 2.18. The first-order valence-corrected chi connectivity index (χ1v) is 13.3. The van der Waals surface area contributed by atoms with E-state index in [9.17, 15) is 14.0 Å². The molecule has 0 unspecified atom stereocenters. The van der Waals surface area contributed by atoms with Crippen molar-refractivity contribution in [2.45, 2.75) is 53.4 Å².